The van der Waals surface area contributed by atoms with Crippen molar-refractivity contribution in [2.75, 3.05) is 6.61 Å². The van der Waals surface area contributed by atoms with E-state index in [9.17, 15) is 37.5 Å². The van der Waals surface area contributed by atoms with Gasteiger partial charge in [-0.25, -0.2) is 4.79 Å². The van der Waals surface area contributed by atoms with Crippen LogP contribution in [0.15, 0.2) is 12.3 Å². The fourth-order valence-corrected chi connectivity index (χ4v) is 12.5. The van der Waals surface area contributed by atoms with E-state index in [0.29, 0.717) is 74.6 Å². The van der Waals surface area contributed by atoms with Crippen molar-refractivity contribution >= 4 is 23.9 Å². The molecule has 9 fully saturated rings. The van der Waals surface area contributed by atoms with Gasteiger partial charge in [0.2, 0.25) is 6.10 Å². The van der Waals surface area contributed by atoms with E-state index in [2.05, 4.69) is 27.4 Å². The average Bonchev–Trinajstić information content (AvgIpc) is 3.69. The molecule has 9 rings (SSSR count). The molecular weight excluding hydrogens is 926 g/mol. The molecule has 0 aromatic rings. The number of halogens is 3. The minimum absolute atomic E-state index is 0.0185. The zero-order chi connectivity index (χ0) is 54.5. The lowest BCUT2D eigenvalue weighted by Gasteiger charge is -2.59. The Morgan fingerprint density at radius 1 is 0.639 bits per heavy atom. The zero-order valence-corrected chi connectivity index (χ0v) is 47.6. The summed E-state index contributed by atoms with van der Waals surface area (Å²) in [6.07, 6.45) is 12.4. The van der Waals surface area contributed by atoms with Crippen LogP contribution in [0, 0.1) is 57.2 Å². The lowest BCUT2D eigenvalue weighted by molar-refractivity contribution is -0.225. The number of carbonyl (C=O) groups excluding carboxylic acids is 4. The van der Waals surface area contributed by atoms with E-state index >= 15 is 0 Å². The number of esters is 4. The molecular formula is C59H99F3O10. The van der Waals surface area contributed by atoms with E-state index in [1.165, 1.54) is 38.5 Å². The van der Waals surface area contributed by atoms with E-state index in [1.54, 1.807) is 13.8 Å². The van der Waals surface area contributed by atoms with Gasteiger partial charge in [0, 0.05) is 24.7 Å². The molecule has 0 aromatic carbocycles. The van der Waals surface area contributed by atoms with Crippen LogP contribution in [0.25, 0.3) is 0 Å². The summed E-state index contributed by atoms with van der Waals surface area (Å²) in [6.45, 7) is 34.1. The number of cyclic esters (lactones) is 1. The largest absolute Gasteiger partial charge is 0.492 e. The van der Waals surface area contributed by atoms with Gasteiger partial charge in [-0.3, -0.25) is 14.4 Å². The molecule has 72 heavy (non-hydrogen) atoms. The highest BCUT2D eigenvalue weighted by molar-refractivity contribution is 5.82. The van der Waals surface area contributed by atoms with Crippen molar-refractivity contribution in [1.29, 1.82) is 0 Å². The second kappa shape index (κ2) is 23.6. The number of rotatable bonds is 18. The minimum atomic E-state index is -4.09. The maximum atomic E-state index is 12.5. The quantitative estimate of drug-likeness (QED) is 0.0803. The molecule has 0 aromatic heterocycles. The Labute approximate surface area is 433 Å². The minimum Gasteiger partial charge on any atom is -0.492 e. The Hall–Kier alpha value is -2.83. The number of hydrogen-bond acceptors (Lipinski definition) is 10. The molecule has 13 heteroatoms. The Kier molecular flexibility index (Phi) is 20.2. The second-order valence-corrected chi connectivity index (χ2v) is 26.3. The van der Waals surface area contributed by atoms with Crippen molar-refractivity contribution < 1.29 is 61.1 Å². The Morgan fingerprint density at radius 2 is 1.08 bits per heavy atom. The molecule has 1 aliphatic heterocycles. The molecule has 1 saturated heterocycles. The van der Waals surface area contributed by atoms with Crippen molar-refractivity contribution in [1.82, 2.24) is 0 Å². The maximum absolute atomic E-state index is 12.5. The summed E-state index contributed by atoms with van der Waals surface area (Å²) in [6, 6.07) is 0. The Balaban J connectivity index is 0.000000210. The van der Waals surface area contributed by atoms with Crippen LogP contribution in [0.5, 0.6) is 0 Å². The molecule has 8 bridgehead atoms. The van der Waals surface area contributed by atoms with Crippen LogP contribution < -0.4 is 0 Å². The Bertz CT molecular complexity index is 1820. The molecule has 3 atom stereocenters. The highest BCUT2D eigenvalue weighted by atomic mass is 19.4. The first-order valence-electron chi connectivity index (χ1n) is 28.1. The number of carbonyl (C=O) groups is 4. The van der Waals surface area contributed by atoms with Gasteiger partial charge in [-0.1, -0.05) is 62.0 Å². The fourth-order valence-electron chi connectivity index (χ4n) is 12.5. The molecule has 0 radical (unpaired) electrons. The van der Waals surface area contributed by atoms with Crippen LogP contribution in [-0.2, 0) is 42.9 Å². The third-order valence-corrected chi connectivity index (χ3v) is 19.2. The van der Waals surface area contributed by atoms with Gasteiger partial charge in [0.25, 0.3) is 0 Å². The molecule has 0 amide bonds. The fraction of sp³-hybridized carbons (Fsp3) is 0.898. The summed E-state index contributed by atoms with van der Waals surface area (Å²) in [5.74, 6) is 4.07. The first-order chi connectivity index (χ1) is 33.1. The molecule has 0 spiro atoms. The smallest absolute Gasteiger partial charge is 0.389 e. The number of hydrogen-bond donors (Lipinski definition) is 1. The van der Waals surface area contributed by atoms with Crippen molar-refractivity contribution in [3.63, 3.8) is 0 Å². The lowest BCUT2D eigenvalue weighted by atomic mass is 9.50. The normalized spacial score (nSPS) is 31.4. The van der Waals surface area contributed by atoms with Crippen LogP contribution in [0.2, 0.25) is 0 Å². The highest BCUT2D eigenvalue weighted by Gasteiger charge is 2.60. The van der Waals surface area contributed by atoms with Crippen molar-refractivity contribution in [3.8, 4) is 0 Å². The van der Waals surface area contributed by atoms with Gasteiger partial charge in [-0.05, 0) is 200 Å². The molecule has 3 unspecified atom stereocenters. The van der Waals surface area contributed by atoms with Crippen molar-refractivity contribution in [2.45, 2.75) is 273 Å². The third-order valence-electron chi connectivity index (χ3n) is 19.2. The number of ether oxygens (including phenoxy) is 5. The lowest BCUT2D eigenvalue weighted by Crippen LogP contribution is -2.61. The van der Waals surface area contributed by atoms with Crippen LogP contribution >= 0.6 is 0 Å². The van der Waals surface area contributed by atoms with E-state index in [-0.39, 0.29) is 46.4 Å². The predicted molar refractivity (Wildman–Crippen MR) is 275 cm³/mol. The molecule has 8 aliphatic carbocycles. The molecule has 1 N–H and O–H groups in total. The van der Waals surface area contributed by atoms with Gasteiger partial charge < -0.3 is 28.8 Å². The second-order valence-electron chi connectivity index (χ2n) is 26.3. The van der Waals surface area contributed by atoms with Gasteiger partial charge >= 0.3 is 30.1 Å². The van der Waals surface area contributed by atoms with Gasteiger partial charge in [0.15, 0.2) is 0 Å². The molecule has 416 valence electrons. The monoisotopic (exact) mass is 1020 g/mol. The maximum Gasteiger partial charge on any atom is 0.389 e. The Morgan fingerprint density at radius 3 is 1.49 bits per heavy atom. The summed E-state index contributed by atoms with van der Waals surface area (Å²) in [5.41, 5.74) is -3.03. The van der Waals surface area contributed by atoms with Gasteiger partial charge in [-0.15, -0.1) is 0 Å². The van der Waals surface area contributed by atoms with Crippen LogP contribution in [0.1, 0.15) is 239 Å². The molecule has 9 aliphatic rings. The first-order valence-corrected chi connectivity index (χ1v) is 28.1. The van der Waals surface area contributed by atoms with Gasteiger partial charge in [0.1, 0.15) is 16.8 Å². The number of alkyl halides is 3. The van der Waals surface area contributed by atoms with Crippen molar-refractivity contribution in [2.24, 2.45) is 57.2 Å². The van der Waals surface area contributed by atoms with Crippen LogP contribution in [-0.4, -0.2) is 70.3 Å². The van der Waals surface area contributed by atoms with Crippen LogP contribution in [0.4, 0.5) is 13.2 Å². The number of allylic oxidation sites excluding steroid dienone is 1. The first kappa shape index (κ1) is 61.7. The van der Waals surface area contributed by atoms with Gasteiger partial charge in [-0.2, -0.15) is 13.2 Å². The topological polar surface area (TPSA) is 135 Å². The zero-order valence-electron chi connectivity index (χ0n) is 47.6. The summed E-state index contributed by atoms with van der Waals surface area (Å²) < 4.78 is 64.8. The van der Waals surface area contributed by atoms with Gasteiger partial charge in [0.05, 0.1) is 34.2 Å². The van der Waals surface area contributed by atoms with E-state index in [4.69, 9.17) is 23.7 Å². The highest BCUT2D eigenvalue weighted by Crippen LogP contribution is 2.61. The van der Waals surface area contributed by atoms with E-state index in [0.717, 1.165) is 56.8 Å². The van der Waals surface area contributed by atoms with E-state index < -0.39 is 46.7 Å². The summed E-state index contributed by atoms with van der Waals surface area (Å²) in [5, 5.41) is 10.6. The van der Waals surface area contributed by atoms with E-state index in [1.807, 2.05) is 69.2 Å². The SMILES string of the molecule is C=C(OC(CC)(CC)CCCC(F)(F)F)C(C)(C)CC.CCC(C)(C)C(=O)OC1(C)C2CC3CC(C2)CC1C3.CCC(C)(C)C(=O)OC12CC3CC(CC(O)(C3)C1)C2.CCC(C)(C)C(=O)OC1CCOC1=O. The molecule has 8 saturated carbocycles. The predicted octanol–water partition coefficient (Wildman–Crippen LogP) is 14.8. The average molecular weight is 1030 g/mol. The summed E-state index contributed by atoms with van der Waals surface area (Å²) >= 11 is 0. The third kappa shape index (κ3) is 15.4. The van der Waals surface area contributed by atoms with Crippen molar-refractivity contribution in [3.05, 3.63) is 12.3 Å². The standard InChI is InChI=1S/C17H28O2.C16H29F3O.C16H26O3.C10H16O4/c1-5-16(2,3)15(18)19-17(4)13-7-11-6-12(9-13)10-14(17)8-11;1-7-14(5,6)13(4)20-15(8-2,9-3)11-10-12-16(17,18)19;1-4-14(2,3)13(17)19-16-8-11-5-12(9-16)7-15(18,6-11)10-16;1-4-10(2,3)9(12)14-7-5-6-13-8(7)11/h11-14H,5-10H2,1-4H3;4,7-12H2,1-3,5-6H3;11-12,18H,4-10H2,1-3H3;7H,4-6H2,1-3H3. The van der Waals surface area contributed by atoms with Crippen LogP contribution in [0.3, 0.4) is 0 Å². The summed E-state index contributed by atoms with van der Waals surface area (Å²) in [7, 11) is 0. The summed E-state index contributed by atoms with van der Waals surface area (Å²) in [4.78, 5) is 47.4. The number of aliphatic hydroxyl groups is 1. The molecule has 10 nitrogen and oxygen atoms in total. The molecule has 1 heterocycles.